The molecule has 216 valence electrons. The van der Waals surface area contributed by atoms with E-state index in [1.807, 2.05) is 36.4 Å². The molecular formula is C32H34N6O4. The average molecular weight is 567 g/mol. The first-order chi connectivity index (χ1) is 20.5. The molecule has 1 heterocycles. The van der Waals surface area contributed by atoms with E-state index in [1.165, 1.54) is 22.3 Å². The number of hydrogen-bond donors (Lipinski definition) is 4. The molecule has 1 unspecified atom stereocenters. The summed E-state index contributed by atoms with van der Waals surface area (Å²) in [5.74, 6) is -1.60. The summed E-state index contributed by atoms with van der Waals surface area (Å²) in [6.07, 6.45) is 4.71. The van der Waals surface area contributed by atoms with Crippen molar-refractivity contribution in [2.75, 3.05) is 5.32 Å². The van der Waals surface area contributed by atoms with Crippen LogP contribution in [0, 0.1) is 5.92 Å². The Balaban J connectivity index is 1.03. The molecule has 3 amide bonds. The number of nitrogens with zero attached hydrogens (tertiary/aromatic N) is 3. The summed E-state index contributed by atoms with van der Waals surface area (Å²) in [6.45, 7) is 0.762. The topological polar surface area (TPSA) is 138 Å². The fourth-order valence-electron chi connectivity index (χ4n) is 5.28. The highest BCUT2D eigenvalue weighted by atomic mass is 16.5. The minimum atomic E-state index is -0.645. The zero-order valence-corrected chi connectivity index (χ0v) is 23.3. The summed E-state index contributed by atoms with van der Waals surface area (Å²) in [5, 5.41) is 23.0. The van der Waals surface area contributed by atoms with E-state index in [0.717, 1.165) is 24.1 Å². The summed E-state index contributed by atoms with van der Waals surface area (Å²) >= 11 is 0. The number of aromatic nitrogens is 3. The standard InChI is InChI=1S/C32H34N6O4/c39-30(34-26-13-14-29-24(18-26)17-23-10-4-5-11-28(23)29)12-6-7-15-38-21-27(35-37-38)20-33-32(41)25(19-31(40)36-42)16-22-8-2-1-3-9-22/h1-5,8-11,13-14,18,21,25,42H,6-7,12,15-17,19-20H2,(H,33,41)(H,34,39)(H,36,40). The first kappa shape index (κ1) is 28.7. The largest absolute Gasteiger partial charge is 0.350 e. The molecule has 1 aromatic heterocycles. The van der Waals surface area contributed by atoms with Gasteiger partial charge in [-0.3, -0.25) is 24.3 Å². The quantitative estimate of drug-likeness (QED) is 0.0965. The molecule has 0 saturated carbocycles. The molecule has 1 atom stereocenters. The van der Waals surface area contributed by atoms with Gasteiger partial charge in [0.05, 0.1) is 18.7 Å². The summed E-state index contributed by atoms with van der Waals surface area (Å²) in [7, 11) is 0. The minimum absolute atomic E-state index is 0.0209. The van der Waals surface area contributed by atoms with Crippen molar-refractivity contribution in [2.24, 2.45) is 5.92 Å². The fraction of sp³-hybridized carbons (Fsp3) is 0.281. The lowest BCUT2D eigenvalue weighted by molar-refractivity contribution is -0.134. The Labute approximate surface area is 244 Å². The first-order valence-corrected chi connectivity index (χ1v) is 14.1. The number of nitrogens with one attached hydrogen (secondary N) is 3. The molecule has 10 nitrogen and oxygen atoms in total. The van der Waals surface area contributed by atoms with Gasteiger partial charge in [-0.2, -0.15) is 0 Å². The van der Waals surface area contributed by atoms with Crippen molar-refractivity contribution in [2.45, 2.75) is 51.6 Å². The van der Waals surface area contributed by atoms with Crippen LogP contribution >= 0.6 is 0 Å². The second-order valence-corrected chi connectivity index (χ2v) is 10.5. The molecule has 4 N–H and O–H groups in total. The van der Waals surface area contributed by atoms with Crippen molar-refractivity contribution in [3.63, 3.8) is 0 Å². The lowest BCUT2D eigenvalue weighted by Crippen LogP contribution is -2.35. The predicted molar refractivity (Wildman–Crippen MR) is 157 cm³/mol. The van der Waals surface area contributed by atoms with E-state index >= 15 is 0 Å². The van der Waals surface area contributed by atoms with Gasteiger partial charge < -0.3 is 10.6 Å². The molecule has 4 aromatic rings. The maximum Gasteiger partial charge on any atom is 0.244 e. The van der Waals surface area contributed by atoms with Crippen LogP contribution in [0.15, 0.2) is 79.0 Å². The molecule has 0 bridgehead atoms. The molecule has 3 aromatic carbocycles. The Hall–Kier alpha value is -4.83. The minimum Gasteiger partial charge on any atom is -0.350 e. The van der Waals surface area contributed by atoms with E-state index in [9.17, 15) is 14.4 Å². The van der Waals surface area contributed by atoms with Gasteiger partial charge in [-0.15, -0.1) is 5.10 Å². The van der Waals surface area contributed by atoms with Crippen LogP contribution in [-0.2, 0) is 40.3 Å². The zero-order chi connectivity index (χ0) is 29.3. The summed E-state index contributed by atoms with van der Waals surface area (Å²) in [5.41, 5.74) is 8.97. The number of hydrogen-bond acceptors (Lipinski definition) is 6. The molecule has 1 aliphatic carbocycles. The summed E-state index contributed by atoms with van der Waals surface area (Å²) < 4.78 is 1.69. The van der Waals surface area contributed by atoms with Gasteiger partial charge in [0.2, 0.25) is 17.7 Å². The van der Waals surface area contributed by atoms with Gasteiger partial charge >= 0.3 is 0 Å². The number of rotatable bonds is 13. The lowest BCUT2D eigenvalue weighted by Gasteiger charge is -2.15. The number of aryl methyl sites for hydroxylation is 1. The molecule has 10 heteroatoms. The number of carbonyl (C=O) groups is 3. The van der Waals surface area contributed by atoms with Crippen LogP contribution in [0.25, 0.3) is 11.1 Å². The Morgan fingerprint density at radius 2 is 1.69 bits per heavy atom. The van der Waals surface area contributed by atoms with Crippen LogP contribution < -0.4 is 16.1 Å². The van der Waals surface area contributed by atoms with Crippen LogP contribution in [0.2, 0.25) is 0 Å². The molecule has 0 aliphatic heterocycles. The molecule has 0 fully saturated rings. The van der Waals surface area contributed by atoms with Crippen molar-refractivity contribution in [3.05, 3.63) is 101 Å². The third kappa shape index (κ3) is 7.46. The van der Waals surface area contributed by atoms with E-state index in [4.69, 9.17) is 5.21 Å². The number of amides is 3. The number of fused-ring (bicyclic) bond motifs is 3. The number of benzene rings is 3. The van der Waals surface area contributed by atoms with Crippen molar-refractivity contribution < 1.29 is 19.6 Å². The fourth-order valence-corrected chi connectivity index (χ4v) is 5.28. The second kappa shape index (κ2) is 13.7. The normalized spacial score (nSPS) is 12.2. The van der Waals surface area contributed by atoms with Crippen LogP contribution in [0.3, 0.4) is 0 Å². The van der Waals surface area contributed by atoms with Crippen molar-refractivity contribution >= 4 is 23.4 Å². The van der Waals surface area contributed by atoms with Crippen LogP contribution in [-0.4, -0.2) is 37.9 Å². The Kier molecular flexibility index (Phi) is 9.35. The summed E-state index contributed by atoms with van der Waals surface area (Å²) in [4.78, 5) is 37.1. The third-order valence-corrected chi connectivity index (χ3v) is 7.40. The van der Waals surface area contributed by atoms with E-state index in [0.29, 0.717) is 31.5 Å². The van der Waals surface area contributed by atoms with Crippen LogP contribution in [0.4, 0.5) is 5.69 Å². The highest BCUT2D eigenvalue weighted by Crippen LogP contribution is 2.37. The SMILES string of the molecule is O=C(CC(Cc1ccccc1)C(=O)NCc1cn(CCCCC(=O)Nc2ccc3c(c2)Cc2ccccc2-3)nn1)NO. The Bertz CT molecular complexity index is 1550. The summed E-state index contributed by atoms with van der Waals surface area (Å²) in [6, 6.07) is 23.9. The Morgan fingerprint density at radius 3 is 2.52 bits per heavy atom. The van der Waals surface area contributed by atoms with Gasteiger partial charge in [0.1, 0.15) is 5.69 Å². The molecular weight excluding hydrogens is 532 g/mol. The molecule has 42 heavy (non-hydrogen) atoms. The first-order valence-electron chi connectivity index (χ1n) is 14.1. The predicted octanol–water partition coefficient (Wildman–Crippen LogP) is 4.03. The lowest BCUT2D eigenvalue weighted by atomic mass is 9.95. The number of hydroxylamine groups is 1. The molecule has 5 rings (SSSR count). The highest BCUT2D eigenvalue weighted by Gasteiger charge is 2.23. The van der Waals surface area contributed by atoms with Crippen LogP contribution in [0.1, 0.15) is 48.1 Å². The van der Waals surface area contributed by atoms with E-state index in [1.54, 1.807) is 16.4 Å². The van der Waals surface area contributed by atoms with Gasteiger partial charge in [-0.05, 0) is 65.6 Å². The van der Waals surface area contributed by atoms with Gasteiger partial charge in [-0.25, -0.2) is 5.48 Å². The van der Waals surface area contributed by atoms with Crippen LogP contribution in [0.5, 0.6) is 0 Å². The molecule has 0 saturated heterocycles. The average Bonchev–Trinajstić information content (AvgIpc) is 3.62. The number of anilines is 1. The van der Waals surface area contributed by atoms with E-state index < -0.39 is 11.8 Å². The maximum absolute atomic E-state index is 12.8. The van der Waals surface area contributed by atoms with E-state index in [2.05, 4.69) is 57.3 Å². The molecule has 0 radical (unpaired) electrons. The zero-order valence-electron chi connectivity index (χ0n) is 23.3. The number of carbonyl (C=O) groups excluding carboxylic acids is 3. The van der Waals surface area contributed by atoms with Crippen molar-refractivity contribution in [3.8, 4) is 11.1 Å². The Morgan fingerprint density at radius 1 is 0.905 bits per heavy atom. The highest BCUT2D eigenvalue weighted by molar-refractivity contribution is 5.91. The van der Waals surface area contributed by atoms with E-state index in [-0.39, 0.29) is 24.8 Å². The second-order valence-electron chi connectivity index (χ2n) is 10.5. The number of unbranched alkanes of at least 4 members (excludes halogenated alkanes) is 1. The van der Waals surface area contributed by atoms with Crippen molar-refractivity contribution in [1.82, 2.24) is 25.8 Å². The van der Waals surface area contributed by atoms with Gasteiger partial charge in [-0.1, -0.05) is 65.9 Å². The maximum atomic E-state index is 12.8. The van der Waals surface area contributed by atoms with Crippen molar-refractivity contribution in [1.29, 1.82) is 0 Å². The molecule has 1 aliphatic rings. The molecule has 0 spiro atoms. The van der Waals surface area contributed by atoms with Gasteiger partial charge in [0.25, 0.3) is 0 Å². The van der Waals surface area contributed by atoms with Gasteiger partial charge in [0.15, 0.2) is 0 Å². The third-order valence-electron chi connectivity index (χ3n) is 7.40. The smallest absolute Gasteiger partial charge is 0.244 e. The monoisotopic (exact) mass is 566 g/mol. The van der Waals surface area contributed by atoms with Gasteiger partial charge in [0, 0.05) is 25.1 Å².